The van der Waals surface area contributed by atoms with Crippen LogP contribution in [0.15, 0.2) is 0 Å². The van der Waals surface area contributed by atoms with Crippen molar-refractivity contribution in [2.45, 2.75) is 78.0 Å². The fraction of sp³-hybridized carbons (Fsp3) is 0.737. The number of hydrogen-bond acceptors (Lipinski definition) is 6. The lowest BCUT2D eigenvalue weighted by atomic mass is 9.96. The summed E-state index contributed by atoms with van der Waals surface area (Å²) >= 11 is 0. The zero-order valence-corrected chi connectivity index (χ0v) is 18.2. The van der Waals surface area contributed by atoms with Crippen LogP contribution >= 0.6 is 0 Å². The number of aliphatic carboxylic acids is 1. The zero-order valence-electron chi connectivity index (χ0n) is 18.2. The van der Waals surface area contributed by atoms with Crippen LogP contribution < -0.4 is 27.4 Å². The number of nitrogens with two attached hydrogens (primary N) is 2. The molecule has 0 aliphatic carbocycles. The molecule has 0 radical (unpaired) electrons. The molecule has 0 heterocycles. The molecule has 0 aliphatic heterocycles. The van der Waals surface area contributed by atoms with Crippen molar-refractivity contribution in [1.29, 1.82) is 0 Å². The van der Waals surface area contributed by atoms with E-state index in [1.165, 1.54) is 6.92 Å². The van der Waals surface area contributed by atoms with E-state index in [1.54, 1.807) is 6.92 Å². The molecule has 0 bridgehead atoms. The zero-order chi connectivity index (χ0) is 23.6. The third kappa shape index (κ3) is 9.68. The minimum absolute atomic E-state index is 0.0295. The average Bonchev–Trinajstić information content (AvgIpc) is 2.63. The van der Waals surface area contributed by atoms with E-state index in [-0.39, 0.29) is 24.7 Å². The molecule has 172 valence electrons. The largest absolute Gasteiger partial charge is 0.480 e. The topological polar surface area (TPSA) is 194 Å². The van der Waals surface area contributed by atoms with Crippen LogP contribution in [0.3, 0.4) is 0 Å². The van der Waals surface area contributed by atoms with Gasteiger partial charge in [0.1, 0.15) is 18.1 Å². The molecular weight excluding hydrogens is 394 g/mol. The molecule has 11 nitrogen and oxygen atoms in total. The quantitative estimate of drug-likeness (QED) is 0.212. The molecule has 5 atom stereocenters. The first-order valence-electron chi connectivity index (χ1n) is 9.97. The van der Waals surface area contributed by atoms with Crippen LogP contribution in [0.1, 0.15) is 53.9 Å². The second-order valence-corrected chi connectivity index (χ2v) is 7.91. The molecule has 0 aromatic heterocycles. The van der Waals surface area contributed by atoms with Crippen LogP contribution in [0, 0.1) is 11.8 Å². The van der Waals surface area contributed by atoms with Crippen molar-refractivity contribution in [3.8, 4) is 0 Å². The van der Waals surface area contributed by atoms with Crippen molar-refractivity contribution in [2.75, 3.05) is 0 Å². The predicted molar refractivity (Wildman–Crippen MR) is 110 cm³/mol. The maximum Gasteiger partial charge on any atom is 0.325 e. The second-order valence-electron chi connectivity index (χ2n) is 7.91. The summed E-state index contributed by atoms with van der Waals surface area (Å²) in [4.78, 5) is 59.6. The molecule has 4 amide bonds. The fourth-order valence-corrected chi connectivity index (χ4v) is 2.61. The third-order valence-corrected chi connectivity index (χ3v) is 4.62. The van der Waals surface area contributed by atoms with Crippen molar-refractivity contribution in [1.82, 2.24) is 16.0 Å². The van der Waals surface area contributed by atoms with Gasteiger partial charge < -0.3 is 32.5 Å². The maximum absolute atomic E-state index is 12.9. The Bertz CT molecular complexity index is 639. The summed E-state index contributed by atoms with van der Waals surface area (Å²) < 4.78 is 0. The summed E-state index contributed by atoms with van der Waals surface area (Å²) in [6.07, 6.45) is 0.443. The number of amides is 4. The van der Waals surface area contributed by atoms with Crippen LogP contribution in [0.4, 0.5) is 0 Å². The SMILES string of the molecule is CCC(C)C(NC(=O)C(N)CC(N)=O)C(=O)NC(CC(C)C)C(=O)NC(C)C(=O)O. The average molecular weight is 430 g/mol. The predicted octanol–water partition coefficient (Wildman–Crippen LogP) is -1.16. The molecule has 0 fully saturated rings. The van der Waals surface area contributed by atoms with Gasteiger partial charge in [-0.15, -0.1) is 0 Å². The normalized spacial score (nSPS) is 16.0. The van der Waals surface area contributed by atoms with E-state index >= 15 is 0 Å². The van der Waals surface area contributed by atoms with Gasteiger partial charge in [0, 0.05) is 0 Å². The molecule has 0 saturated heterocycles. The van der Waals surface area contributed by atoms with Crippen LogP contribution in [-0.2, 0) is 24.0 Å². The molecule has 0 aliphatic rings. The van der Waals surface area contributed by atoms with E-state index in [0.29, 0.717) is 6.42 Å². The summed E-state index contributed by atoms with van der Waals surface area (Å²) in [7, 11) is 0. The number of carbonyl (C=O) groups excluding carboxylic acids is 4. The van der Waals surface area contributed by atoms with Gasteiger partial charge in [0.05, 0.1) is 12.5 Å². The number of hydrogen-bond donors (Lipinski definition) is 6. The third-order valence-electron chi connectivity index (χ3n) is 4.62. The Balaban J connectivity index is 5.42. The minimum atomic E-state index is -1.20. The Morgan fingerprint density at radius 2 is 1.47 bits per heavy atom. The van der Waals surface area contributed by atoms with E-state index in [0.717, 1.165) is 0 Å². The fourth-order valence-electron chi connectivity index (χ4n) is 2.61. The van der Waals surface area contributed by atoms with Crippen molar-refractivity contribution < 1.29 is 29.1 Å². The monoisotopic (exact) mass is 429 g/mol. The van der Waals surface area contributed by atoms with Crippen LogP contribution in [-0.4, -0.2) is 58.9 Å². The molecular formula is C19H35N5O6. The first-order chi connectivity index (χ1) is 13.8. The van der Waals surface area contributed by atoms with E-state index in [1.807, 2.05) is 20.8 Å². The summed E-state index contributed by atoms with van der Waals surface area (Å²) in [6.45, 7) is 8.59. The first kappa shape index (κ1) is 27.3. The minimum Gasteiger partial charge on any atom is -0.480 e. The van der Waals surface area contributed by atoms with Crippen LogP contribution in [0.2, 0.25) is 0 Å². The number of primary amides is 1. The molecule has 8 N–H and O–H groups in total. The van der Waals surface area contributed by atoms with E-state index < -0.39 is 53.8 Å². The Morgan fingerprint density at radius 1 is 0.900 bits per heavy atom. The highest BCUT2D eigenvalue weighted by molar-refractivity contribution is 5.95. The lowest BCUT2D eigenvalue weighted by Gasteiger charge is -2.28. The maximum atomic E-state index is 12.9. The molecule has 0 spiro atoms. The molecule has 0 aromatic carbocycles. The van der Waals surface area contributed by atoms with Crippen LogP contribution in [0.25, 0.3) is 0 Å². The first-order valence-corrected chi connectivity index (χ1v) is 9.97. The van der Waals surface area contributed by atoms with Gasteiger partial charge in [-0.2, -0.15) is 0 Å². The van der Waals surface area contributed by atoms with Crippen molar-refractivity contribution in [3.63, 3.8) is 0 Å². The van der Waals surface area contributed by atoms with E-state index in [2.05, 4.69) is 16.0 Å². The molecule has 0 saturated carbocycles. The summed E-state index contributed by atoms with van der Waals surface area (Å²) in [5.41, 5.74) is 10.7. The Morgan fingerprint density at radius 3 is 1.90 bits per heavy atom. The molecule has 11 heteroatoms. The highest BCUT2D eigenvalue weighted by atomic mass is 16.4. The Kier molecular flexibility index (Phi) is 11.6. The Hall–Kier alpha value is -2.69. The molecule has 5 unspecified atom stereocenters. The number of nitrogens with one attached hydrogen (secondary N) is 3. The van der Waals surface area contributed by atoms with Gasteiger partial charge in [-0.25, -0.2) is 0 Å². The van der Waals surface area contributed by atoms with Gasteiger partial charge in [-0.3, -0.25) is 24.0 Å². The van der Waals surface area contributed by atoms with Gasteiger partial charge in [0.25, 0.3) is 0 Å². The van der Waals surface area contributed by atoms with Crippen molar-refractivity contribution >= 4 is 29.6 Å². The van der Waals surface area contributed by atoms with Gasteiger partial charge in [-0.1, -0.05) is 34.1 Å². The van der Waals surface area contributed by atoms with Crippen LogP contribution in [0.5, 0.6) is 0 Å². The highest BCUT2D eigenvalue weighted by Crippen LogP contribution is 2.11. The van der Waals surface area contributed by atoms with E-state index in [9.17, 15) is 24.0 Å². The number of carboxylic acid groups (broad SMARTS) is 1. The molecule has 0 rings (SSSR count). The standard InChI is InChI=1S/C19H35N5O6/c1-6-10(4)15(24-16(26)12(20)8-14(21)25)18(28)23-13(7-9(2)3)17(27)22-11(5)19(29)30/h9-13,15H,6-8,20H2,1-5H3,(H2,21,25)(H,22,27)(H,23,28)(H,24,26)(H,29,30). The van der Waals surface area contributed by atoms with Gasteiger partial charge in [0.15, 0.2) is 0 Å². The summed E-state index contributed by atoms with van der Waals surface area (Å²) in [5.74, 6) is -4.16. The summed E-state index contributed by atoms with van der Waals surface area (Å²) in [6, 6.07) is -4.31. The lowest BCUT2D eigenvalue weighted by Crippen LogP contribution is -2.58. The molecule has 30 heavy (non-hydrogen) atoms. The second kappa shape index (κ2) is 12.8. The summed E-state index contributed by atoms with van der Waals surface area (Å²) in [5, 5.41) is 16.5. The molecule has 0 aromatic rings. The van der Waals surface area contributed by atoms with Crippen molar-refractivity contribution in [2.24, 2.45) is 23.3 Å². The highest BCUT2D eigenvalue weighted by Gasteiger charge is 2.32. The number of carbonyl (C=O) groups is 5. The lowest BCUT2D eigenvalue weighted by molar-refractivity contribution is -0.142. The number of carboxylic acids is 1. The van der Waals surface area contributed by atoms with E-state index in [4.69, 9.17) is 16.6 Å². The number of rotatable bonds is 13. The van der Waals surface area contributed by atoms with Crippen molar-refractivity contribution in [3.05, 3.63) is 0 Å². The Labute approximate surface area is 176 Å². The van der Waals surface area contributed by atoms with Gasteiger partial charge in [0.2, 0.25) is 23.6 Å². The van der Waals surface area contributed by atoms with Gasteiger partial charge in [-0.05, 0) is 25.2 Å². The van der Waals surface area contributed by atoms with Gasteiger partial charge >= 0.3 is 5.97 Å². The smallest absolute Gasteiger partial charge is 0.325 e.